The molecule has 2 rings (SSSR count). The summed E-state index contributed by atoms with van der Waals surface area (Å²) in [7, 11) is 0. The fourth-order valence-corrected chi connectivity index (χ4v) is 2.51. The third-order valence-electron chi connectivity index (χ3n) is 3.61. The van der Waals surface area contributed by atoms with Crippen LogP contribution in [-0.2, 0) is 17.8 Å². The van der Waals surface area contributed by atoms with E-state index < -0.39 is 0 Å². The van der Waals surface area contributed by atoms with Gasteiger partial charge in [-0.25, -0.2) is 0 Å². The maximum absolute atomic E-state index is 12.0. The number of carbonyl (C=O) groups is 1. The van der Waals surface area contributed by atoms with Crippen molar-refractivity contribution in [3.05, 3.63) is 41.2 Å². The Morgan fingerprint density at radius 2 is 2.14 bits per heavy atom. The van der Waals surface area contributed by atoms with Crippen molar-refractivity contribution in [2.24, 2.45) is 0 Å². The fraction of sp³-hybridized carbons (Fsp3) is 0.375. The summed E-state index contributed by atoms with van der Waals surface area (Å²) >= 11 is 0. The Morgan fingerprint density at radius 3 is 2.76 bits per heavy atom. The summed E-state index contributed by atoms with van der Waals surface area (Å²) in [6.45, 7) is 6.76. The molecule has 0 spiro atoms. The van der Waals surface area contributed by atoms with E-state index in [4.69, 9.17) is 5.73 Å². The second-order valence-corrected chi connectivity index (χ2v) is 5.15. The van der Waals surface area contributed by atoms with Crippen LogP contribution in [0.25, 0.3) is 0 Å². The van der Waals surface area contributed by atoms with Crippen LogP contribution >= 0.6 is 0 Å². The molecule has 112 valence electrons. The molecule has 1 amide bonds. The Labute approximate surface area is 125 Å². The van der Waals surface area contributed by atoms with Gasteiger partial charge in [0, 0.05) is 30.0 Å². The van der Waals surface area contributed by atoms with Gasteiger partial charge >= 0.3 is 0 Å². The van der Waals surface area contributed by atoms with Crippen LogP contribution in [-0.4, -0.2) is 15.7 Å². The molecule has 0 bridgehead atoms. The molecule has 3 N–H and O–H groups in total. The summed E-state index contributed by atoms with van der Waals surface area (Å²) in [5, 5.41) is 7.34. The summed E-state index contributed by atoms with van der Waals surface area (Å²) in [6.07, 6.45) is 1.35. The van der Waals surface area contributed by atoms with Crippen LogP contribution in [0, 0.1) is 13.8 Å². The first-order valence-electron chi connectivity index (χ1n) is 7.19. The van der Waals surface area contributed by atoms with E-state index in [0.717, 1.165) is 23.5 Å². The van der Waals surface area contributed by atoms with Crippen LogP contribution in [0.1, 0.15) is 30.3 Å². The van der Waals surface area contributed by atoms with Crippen molar-refractivity contribution in [2.45, 2.75) is 40.2 Å². The molecule has 1 aromatic heterocycles. The van der Waals surface area contributed by atoms with Gasteiger partial charge in [0.15, 0.2) is 0 Å². The van der Waals surface area contributed by atoms with Gasteiger partial charge in [-0.3, -0.25) is 9.48 Å². The number of hydrogen-bond donors (Lipinski definition) is 2. The molecule has 21 heavy (non-hydrogen) atoms. The minimum Gasteiger partial charge on any atom is -0.399 e. The molecule has 1 aromatic carbocycles. The Hall–Kier alpha value is -2.30. The maximum atomic E-state index is 12.0. The number of aryl methyl sites for hydroxylation is 2. The summed E-state index contributed by atoms with van der Waals surface area (Å²) in [6, 6.07) is 7.18. The van der Waals surface area contributed by atoms with E-state index >= 15 is 0 Å². The monoisotopic (exact) mass is 286 g/mol. The highest BCUT2D eigenvalue weighted by Gasteiger charge is 2.11. The predicted molar refractivity (Wildman–Crippen MR) is 85.2 cm³/mol. The Balaban J connectivity index is 1.95. The quantitative estimate of drug-likeness (QED) is 0.830. The normalized spacial score (nSPS) is 10.6. The number of nitrogens with zero attached hydrogens (tertiary/aromatic N) is 2. The number of hydrogen-bond acceptors (Lipinski definition) is 3. The van der Waals surface area contributed by atoms with Crippen molar-refractivity contribution in [3.8, 4) is 0 Å². The van der Waals surface area contributed by atoms with Crippen LogP contribution in [0.15, 0.2) is 24.3 Å². The SMILES string of the molecule is CCc1c(C)nn(CCC(=O)Nc2cccc(N)c2)c1C. The average Bonchev–Trinajstić information content (AvgIpc) is 2.70. The zero-order valence-electron chi connectivity index (χ0n) is 12.8. The third-order valence-corrected chi connectivity index (χ3v) is 3.61. The van der Waals surface area contributed by atoms with Crippen molar-refractivity contribution in [2.75, 3.05) is 11.1 Å². The van der Waals surface area contributed by atoms with E-state index in [-0.39, 0.29) is 5.91 Å². The van der Waals surface area contributed by atoms with Crippen molar-refractivity contribution in [1.29, 1.82) is 0 Å². The second-order valence-electron chi connectivity index (χ2n) is 5.15. The third kappa shape index (κ3) is 3.62. The Morgan fingerprint density at radius 1 is 1.38 bits per heavy atom. The van der Waals surface area contributed by atoms with E-state index in [1.54, 1.807) is 12.1 Å². The molecule has 5 heteroatoms. The van der Waals surface area contributed by atoms with Gasteiger partial charge in [-0.2, -0.15) is 5.10 Å². The largest absolute Gasteiger partial charge is 0.399 e. The minimum atomic E-state index is -0.0359. The highest BCUT2D eigenvalue weighted by molar-refractivity contribution is 5.91. The maximum Gasteiger partial charge on any atom is 0.226 e. The first-order chi connectivity index (χ1) is 10.0. The molecule has 0 fully saturated rings. The number of carbonyl (C=O) groups excluding carboxylic acids is 1. The number of benzene rings is 1. The number of nitrogens with two attached hydrogens (primary N) is 1. The molecule has 0 unspecified atom stereocenters. The Kier molecular flexibility index (Phi) is 4.62. The fourth-order valence-electron chi connectivity index (χ4n) is 2.51. The summed E-state index contributed by atoms with van der Waals surface area (Å²) in [4.78, 5) is 12.0. The van der Waals surface area contributed by atoms with E-state index in [2.05, 4.69) is 24.3 Å². The topological polar surface area (TPSA) is 72.9 Å². The molecule has 0 atom stereocenters. The minimum absolute atomic E-state index is 0.0359. The number of amides is 1. The van der Waals surface area contributed by atoms with Gasteiger partial charge < -0.3 is 11.1 Å². The van der Waals surface area contributed by atoms with Crippen molar-refractivity contribution in [3.63, 3.8) is 0 Å². The highest BCUT2D eigenvalue weighted by Crippen LogP contribution is 2.15. The molecule has 0 saturated heterocycles. The lowest BCUT2D eigenvalue weighted by Crippen LogP contribution is -2.15. The smallest absolute Gasteiger partial charge is 0.226 e. The lowest BCUT2D eigenvalue weighted by molar-refractivity contribution is -0.116. The molecule has 0 aliphatic carbocycles. The molecule has 2 aromatic rings. The van der Waals surface area contributed by atoms with Crippen molar-refractivity contribution >= 4 is 17.3 Å². The van der Waals surface area contributed by atoms with E-state index in [0.29, 0.717) is 18.7 Å². The van der Waals surface area contributed by atoms with Crippen LogP contribution < -0.4 is 11.1 Å². The van der Waals surface area contributed by atoms with Crippen LogP contribution in [0.5, 0.6) is 0 Å². The molecule has 0 saturated carbocycles. The van der Waals surface area contributed by atoms with Crippen LogP contribution in [0.3, 0.4) is 0 Å². The van der Waals surface area contributed by atoms with Gasteiger partial charge in [0.05, 0.1) is 5.69 Å². The van der Waals surface area contributed by atoms with Gasteiger partial charge in [0.1, 0.15) is 0 Å². The number of rotatable bonds is 5. The molecule has 0 aliphatic heterocycles. The first-order valence-corrected chi connectivity index (χ1v) is 7.19. The van der Waals surface area contributed by atoms with Gasteiger partial charge in [-0.05, 0) is 44.0 Å². The summed E-state index contributed by atoms with van der Waals surface area (Å²) in [5.74, 6) is -0.0359. The molecule has 5 nitrogen and oxygen atoms in total. The lowest BCUT2D eigenvalue weighted by atomic mass is 10.1. The summed E-state index contributed by atoms with van der Waals surface area (Å²) in [5.41, 5.74) is 10.5. The number of nitrogen functional groups attached to an aromatic ring is 1. The lowest BCUT2D eigenvalue weighted by Gasteiger charge is -2.07. The van der Waals surface area contributed by atoms with Crippen molar-refractivity contribution in [1.82, 2.24) is 9.78 Å². The average molecular weight is 286 g/mol. The van der Waals surface area contributed by atoms with E-state index in [1.807, 2.05) is 23.7 Å². The standard InChI is InChI=1S/C16H22N4O/c1-4-15-11(2)19-20(12(15)3)9-8-16(21)18-14-7-5-6-13(17)10-14/h5-7,10H,4,8-9,17H2,1-3H3,(H,18,21). The zero-order chi connectivity index (χ0) is 15.4. The van der Waals surface area contributed by atoms with E-state index in [9.17, 15) is 4.79 Å². The first kappa shape index (κ1) is 15.1. The van der Waals surface area contributed by atoms with Crippen LogP contribution in [0.4, 0.5) is 11.4 Å². The number of nitrogens with one attached hydrogen (secondary N) is 1. The van der Waals surface area contributed by atoms with Crippen LogP contribution in [0.2, 0.25) is 0 Å². The van der Waals surface area contributed by atoms with Gasteiger partial charge in [0.2, 0.25) is 5.91 Å². The summed E-state index contributed by atoms with van der Waals surface area (Å²) < 4.78 is 1.91. The molecular weight excluding hydrogens is 264 g/mol. The molecular formula is C16H22N4O. The van der Waals surface area contributed by atoms with Gasteiger partial charge in [0.25, 0.3) is 0 Å². The Bertz CT molecular complexity index is 646. The van der Waals surface area contributed by atoms with Crippen molar-refractivity contribution < 1.29 is 4.79 Å². The molecule has 0 aliphatic rings. The highest BCUT2D eigenvalue weighted by atomic mass is 16.1. The molecule has 1 heterocycles. The number of anilines is 2. The van der Waals surface area contributed by atoms with Gasteiger partial charge in [-0.15, -0.1) is 0 Å². The van der Waals surface area contributed by atoms with E-state index in [1.165, 1.54) is 5.56 Å². The second kappa shape index (κ2) is 6.43. The zero-order valence-corrected chi connectivity index (χ0v) is 12.8. The molecule has 0 radical (unpaired) electrons. The number of aromatic nitrogens is 2. The predicted octanol–water partition coefficient (Wildman–Crippen LogP) is 2.67. The van der Waals surface area contributed by atoms with Gasteiger partial charge in [-0.1, -0.05) is 13.0 Å².